The second kappa shape index (κ2) is 8.52. The number of likely N-dealkylation sites (tertiary alicyclic amines) is 1. The lowest BCUT2D eigenvalue weighted by Gasteiger charge is -2.38. The van der Waals surface area contributed by atoms with Gasteiger partial charge >= 0.3 is 5.97 Å². The van der Waals surface area contributed by atoms with E-state index in [4.69, 9.17) is 27.2 Å². The van der Waals surface area contributed by atoms with Crippen molar-refractivity contribution in [3.8, 4) is 0 Å². The smallest absolute Gasteiger partial charge is 0.307 e. The molecule has 9 nitrogen and oxygen atoms in total. The molecule has 0 saturated carbocycles. The number of halogens is 1. The van der Waals surface area contributed by atoms with Crippen molar-refractivity contribution in [2.45, 2.75) is 25.5 Å². The molecule has 3 atom stereocenters. The van der Waals surface area contributed by atoms with Crippen LogP contribution in [0.2, 0.25) is 5.02 Å². The zero-order valence-corrected chi connectivity index (χ0v) is 15.4. The normalized spacial score (nSPS) is 22.0. The number of hydrogen-bond donors (Lipinski definition) is 4. The zero-order valence-electron chi connectivity index (χ0n) is 14.6. The highest BCUT2D eigenvalue weighted by Crippen LogP contribution is 2.17. The first-order valence-corrected chi connectivity index (χ1v) is 8.57. The summed E-state index contributed by atoms with van der Waals surface area (Å²) >= 11 is 5.87. The van der Waals surface area contributed by atoms with Crippen molar-refractivity contribution in [3.05, 3.63) is 27.0 Å². The molecule has 0 aromatic carbocycles. The molecule has 1 amide bonds. The Hall–Kier alpha value is -2.10. The van der Waals surface area contributed by atoms with E-state index in [2.05, 4.69) is 10.3 Å². The van der Waals surface area contributed by atoms with Gasteiger partial charge in [0.25, 0.3) is 11.5 Å². The Bertz CT molecular complexity index is 738. The molecule has 1 saturated heterocycles. The third-order valence-corrected chi connectivity index (χ3v) is 4.79. The molecule has 1 aromatic heterocycles. The number of nitrogens with zero attached hydrogens (tertiary/aromatic N) is 1. The number of piperidine rings is 1. The number of carbonyl (C=O) groups excluding carboxylic acids is 1. The number of ether oxygens (including phenoxy) is 1. The van der Waals surface area contributed by atoms with E-state index in [1.54, 1.807) is 6.92 Å². The van der Waals surface area contributed by atoms with Crippen LogP contribution in [-0.2, 0) is 9.53 Å². The molecule has 1 aromatic rings. The number of carboxylic acid groups (broad SMARTS) is 1. The average Bonchev–Trinajstić information content (AvgIpc) is 2.59. The van der Waals surface area contributed by atoms with Crippen molar-refractivity contribution in [3.63, 3.8) is 0 Å². The van der Waals surface area contributed by atoms with Crippen LogP contribution in [-0.4, -0.2) is 65.8 Å². The lowest BCUT2D eigenvalue weighted by atomic mass is 9.99. The number of methoxy groups -OCH3 is 1. The number of carbonyl (C=O) groups is 2. The topological polar surface area (TPSA) is 138 Å². The maximum atomic E-state index is 12.4. The summed E-state index contributed by atoms with van der Waals surface area (Å²) in [4.78, 5) is 39.7. The van der Waals surface area contributed by atoms with Crippen LogP contribution in [0.25, 0.3) is 0 Å². The molecule has 2 rings (SSSR count). The quantitative estimate of drug-likeness (QED) is 0.546. The Morgan fingerprint density at radius 2 is 2.27 bits per heavy atom. The van der Waals surface area contributed by atoms with Gasteiger partial charge in [-0.2, -0.15) is 0 Å². The number of nitrogens with one attached hydrogen (secondary N) is 2. The van der Waals surface area contributed by atoms with Gasteiger partial charge in [-0.15, -0.1) is 0 Å². The Morgan fingerprint density at radius 3 is 2.88 bits per heavy atom. The van der Waals surface area contributed by atoms with Crippen LogP contribution in [0.5, 0.6) is 0 Å². The molecule has 0 radical (unpaired) electrons. The minimum Gasteiger partial charge on any atom is -0.481 e. The first-order valence-electron chi connectivity index (χ1n) is 8.20. The van der Waals surface area contributed by atoms with Gasteiger partial charge in [-0.05, 0) is 12.5 Å². The SMILES string of the molecule is CO[C@@H]1CN(CC(C)C(=O)O)CC[C@@H]1NC(=O)c1cc(Cl)c(N)[nH]c1=O. The second-order valence-corrected chi connectivity index (χ2v) is 6.82. The summed E-state index contributed by atoms with van der Waals surface area (Å²) in [7, 11) is 1.53. The molecule has 1 fully saturated rings. The van der Waals surface area contributed by atoms with Crippen molar-refractivity contribution in [1.82, 2.24) is 15.2 Å². The van der Waals surface area contributed by atoms with E-state index in [0.717, 1.165) is 0 Å². The number of hydrogen-bond acceptors (Lipinski definition) is 6. The molecule has 2 heterocycles. The van der Waals surface area contributed by atoms with Gasteiger partial charge in [-0.25, -0.2) is 0 Å². The lowest BCUT2D eigenvalue weighted by molar-refractivity contribution is -0.142. The van der Waals surface area contributed by atoms with E-state index in [1.165, 1.54) is 13.2 Å². The van der Waals surface area contributed by atoms with Gasteiger partial charge in [-0.1, -0.05) is 18.5 Å². The molecule has 0 aliphatic carbocycles. The minimum atomic E-state index is -0.853. The molecule has 0 spiro atoms. The van der Waals surface area contributed by atoms with Crippen molar-refractivity contribution in [2.75, 3.05) is 32.5 Å². The Labute approximate surface area is 155 Å². The summed E-state index contributed by atoms with van der Waals surface area (Å²) in [6, 6.07) is 0.927. The van der Waals surface area contributed by atoms with Crippen molar-refractivity contribution < 1.29 is 19.4 Å². The summed E-state index contributed by atoms with van der Waals surface area (Å²) in [6.45, 7) is 3.15. The number of nitrogen functional groups attached to an aromatic ring is 1. The van der Waals surface area contributed by atoms with Gasteiger partial charge in [0.05, 0.1) is 23.1 Å². The van der Waals surface area contributed by atoms with Crippen LogP contribution in [0, 0.1) is 5.92 Å². The molecule has 5 N–H and O–H groups in total. The third kappa shape index (κ3) is 4.75. The number of aliphatic carboxylic acids is 1. The van der Waals surface area contributed by atoms with Gasteiger partial charge in [0.2, 0.25) is 0 Å². The number of pyridine rings is 1. The van der Waals surface area contributed by atoms with Crippen LogP contribution < -0.4 is 16.6 Å². The number of aromatic nitrogens is 1. The molecule has 1 aliphatic heterocycles. The molecular formula is C16H23ClN4O5. The highest BCUT2D eigenvalue weighted by molar-refractivity contribution is 6.33. The number of H-pyrrole nitrogens is 1. The monoisotopic (exact) mass is 386 g/mol. The minimum absolute atomic E-state index is 0.00356. The number of carboxylic acids is 1. The van der Waals surface area contributed by atoms with Gasteiger partial charge in [0.15, 0.2) is 0 Å². The largest absolute Gasteiger partial charge is 0.481 e. The Balaban J connectivity index is 2.03. The third-order valence-electron chi connectivity index (χ3n) is 4.48. The van der Waals surface area contributed by atoms with Gasteiger partial charge < -0.3 is 25.9 Å². The molecule has 1 unspecified atom stereocenters. The molecule has 10 heteroatoms. The zero-order chi connectivity index (χ0) is 19.4. The standard InChI is InChI=1S/C16H23ClN4O5/c1-8(16(24)25)6-21-4-3-11(12(7-21)26-2)19-14(22)9-5-10(17)13(18)20-15(9)23/h5,8,11-12H,3-4,6-7H2,1-2H3,(H,19,22)(H,24,25)(H3,18,20,23)/t8?,11-,12+/m0/s1. The van der Waals surface area contributed by atoms with Crippen LogP contribution >= 0.6 is 11.6 Å². The molecule has 1 aliphatic rings. The summed E-state index contributed by atoms with van der Waals surface area (Å²) in [5.74, 6) is -1.90. The van der Waals surface area contributed by atoms with Crippen LogP contribution in [0.15, 0.2) is 10.9 Å². The fourth-order valence-corrected chi connectivity index (χ4v) is 3.11. The summed E-state index contributed by atoms with van der Waals surface area (Å²) < 4.78 is 5.45. The number of nitrogens with two attached hydrogens (primary N) is 1. The fourth-order valence-electron chi connectivity index (χ4n) is 2.95. The molecule has 144 valence electrons. The van der Waals surface area contributed by atoms with E-state index in [0.29, 0.717) is 26.1 Å². The maximum absolute atomic E-state index is 12.4. The number of anilines is 1. The van der Waals surface area contributed by atoms with Crippen LogP contribution in [0.3, 0.4) is 0 Å². The summed E-state index contributed by atoms with van der Waals surface area (Å²) in [6.07, 6.45) is 0.244. The molecule has 26 heavy (non-hydrogen) atoms. The number of amides is 1. The average molecular weight is 387 g/mol. The highest BCUT2D eigenvalue weighted by atomic mass is 35.5. The molecular weight excluding hydrogens is 364 g/mol. The first kappa shape index (κ1) is 20.2. The second-order valence-electron chi connectivity index (χ2n) is 6.42. The van der Waals surface area contributed by atoms with Gasteiger partial charge in [0, 0.05) is 26.7 Å². The fraction of sp³-hybridized carbons (Fsp3) is 0.562. The lowest BCUT2D eigenvalue weighted by Crippen LogP contribution is -2.56. The maximum Gasteiger partial charge on any atom is 0.307 e. The predicted octanol–water partition coefficient (Wildman–Crippen LogP) is 0.150. The highest BCUT2D eigenvalue weighted by Gasteiger charge is 2.32. The summed E-state index contributed by atoms with van der Waals surface area (Å²) in [5.41, 5.74) is 4.76. The van der Waals surface area contributed by atoms with E-state index >= 15 is 0 Å². The molecule has 0 bridgehead atoms. The van der Waals surface area contributed by atoms with E-state index in [9.17, 15) is 14.4 Å². The van der Waals surface area contributed by atoms with Crippen LogP contribution in [0.1, 0.15) is 23.7 Å². The predicted molar refractivity (Wildman–Crippen MR) is 96.4 cm³/mol. The Morgan fingerprint density at radius 1 is 1.58 bits per heavy atom. The first-order chi connectivity index (χ1) is 12.2. The number of rotatable bonds is 6. The van der Waals surface area contributed by atoms with Crippen molar-refractivity contribution >= 4 is 29.3 Å². The van der Waals surface area contributed by atoms with E-state index in [1.807, 2.05) is 4.90 Å². The van der Waals surface area contributed by atoms with Gasteiger partial charge in [0.1, 0.15) is 11.4 Å². The summed E-state index contributed by atoms with van der Waals surface area (Å²) in [5, 5.41) is 11.9. The van der Waals surface area contributed by atoms with E-state index in [-0.39, 0.29) is 28.5 Å². The van der Waals surface area contributed by atoms with Crippen molar-refractivity contribution in [1.29, 1.82) is 0 Å². The van der Waals surface area contributed by atoms with E-state index < -0.39 is 23.4 Å². The Kier molecular flexibility index (Phi) is 6.63. The number of aromatic amines is 1. The van der Waals surface area contributed by atoms with Gasteiger partial charge in [-0.3, -0.25) is 19.3 Å². The van der Waals surface area contributed by atoms with Crippen molar-refractivity contribution in [2.24, 2.45) is 5.92 Å². The van der Waals surface area contributed by atoms with Crippen LogP contribution in [0.4, 0.5) is 5.82 Å².